The number of nitrogens with zero attached hydrogens (tertiary/aromatic N) is 2. The van der Waals surface area contributed by atoms with Crippen LogP contribution in [0.3, 0.4) is 0 Å². The number of hydrogen-bond donors (Lipinski definition) is 1. The van der Waals surface area contributed by atoms with E-state index in [9.17, 15) is 9.18 Å². The number of fused-ring (bicyclic) bond motifs is 1. The molecule has 0 radical (unpaired) electrons. The Balaban J connectivity index is 1.61. The van der Waals surface area contributed by atoms with Crippen molar-refractivity contribution in [1.82, 2.24) is 0 Å². The molecule has 0 saturated carbocycles. The number of Topliss-reactive ketones (excluding diaryl/α,β-unsaturated/α-hetero) is 1. The Morgan fingerprint density at radius 3 is 2.93 bits per heavy atom. The lowest BCUT2D eigenvalue weighted by molar-refractivity contribution is -0.112. The number of ketones is 1. The lowest BCUT2D eigenvalue weighted by Crippen LogP contribution is -2.30. The van der Waals surface area contributed by atoms with Crippen molar-refractivity contribution in [1.29, 1.82) is 0 Å². The standard InChI is InChI=1S/C21H20FN3OS/c1-21(8-9-27-20(23)25-21)16-10-13(6-7-17(16)22)11-18(26)19-15-5-3-2-4-14(15)12-24-19/h2-7,10H,8-9,11-12H2,1H3,(H2,23,25). The van der Waals surface area contributed by atoms with Gasteiger partial charge >= 0.3 is 0 Å². The number of carbonyl (C=O) groups is 1. The maximum absolute atomic E-state index is 14.5. The first-order valence-corrected chi connectivity index (χ1v) is 9.88. The number of benzene rings is 2. The van der Waals surface area contributed by atoms with Crippen molar-refractivity contribution < 1.29 is 9.18 Å². The fourth-order valence-corrected chi connectivity index (χ4v) is 4.60. The molecule has 0 fully saturated rings. The normalized spacial score (nSPS) is 21.4. The molecule has 2 heterocycles. The van der Waals surface area contributed by atoms with Crippen LogP contribution in [0.25, 0.3) is 0 Å². The number of hydrogen-bond acceptors (Lipinski definition) is 5. The molecule has 2 N–H and O–H groups in total. The van der Waals surface area contributed by atoms with Gasteiger partial charge in [0.2, 0.25) is 0 Å². The zero-order valence-corrected chi connectivity index (χ0v) is 15.9. The van der Waals surface area contributed by atoms with Gasteiger partial charge in [0.1, 0.15) is 11.5 Å². The molecule has 0 saturated heterocycles. The second kappa shape index (κ2) is 6.93. The molecule has 0 bridgehead atoms. The first-order chi connectivity index (χ1) is 13.0. The van der Waals surface area contributed by atoms with Crippen LogP contribution in [-0.2, 0) is 23.3 Å². The summed E-state index contributed by atoms with van der Waals surface area (Å²) in [6.45, 7) is 2.43. The number of carbonyl (C=O) groups excluding carboxylic acids is 1. The molecule has 0 amide bonds. The Kier molecular flexibility index (Phi) is 4.60. The monoisotopic (exact) mass is 381 g/mol. The first-order valence-electron chi connectivity index (χ1n) is 8.89. The van der Waals surface area contributed by atoms with E-state index >= 15 is 0 Å². The quantitative estimate of drug-likeness (QED) is 0.880. The van der Waals surface area contributed by atoms with Crippen LogP contribution in [0.1, 0.15) is 35.6 Å². The van der Waals surface area contributed by atoms with Gasteiger partial charge in [0, 0.05) is 23.3 Å². The van der Waals surface area contributed by atoms with Gasteiger partial charge in [-0.3, -0.25) is 14.8 Å². The van der Waals surface area contributed by atoms with Crippen molar-refractivity contribution in [3.05, 3.63) is 70.5 Å². The van der Waals surface area contributed by atoms with Gasteiger partial charge in [-0.25, -0.2) is 4.39 Å². The summed E-state index contributed by atoms with van der Waals surface area (Å²) in [6.07, 6.45) is 0.886. The lowest BCUT2D eigenvalue weighted by atomic mass is 9.87. The van der Waals surface area contributed by atoms with Gasteiger partial charge < -0.3 is 5.73 Å². The smallest absolute Gasteiger partial charge is 0.185 e. The van der Waals surface area contributed by atoms with E-state index in [1.54, 1.807) is 12.1 Å². The number of halogens is 1. The highest BCUT2D eigenvalue weighted by Gasteiger charge is 2.32. The molecule has 4 nitrogen and oxygen atoms in total. The van der Waals surface area contributed by atoms with Crippen LogP contribution in [0.2, 0.25) is 0 Å². The van der Waals surface area contributed by atoms with Gasteiger partial charge in [0.05, 0.1) is 12.1 Å². The molecule has 0 aliphatic carbocycles. The Hall–Kier alpha value is -2.47. The SMILES string of the molecule is CC1(c2cc(CC(=O)C3=NCc4ccccc43)ccc2F)CCSC(N)=N1. The average Bonchev–Trinajstić information content (AvgIpc) is 3.07. The Morgan fingerprint density at radius 1 is 1.30 bits per heavy atom. The zero-order chi connectivity index (χ0) is 19.0. The second-order valence-corrected chi connectivity index (χ2v) is 8.17. The molecule has 2 aromatic rings. The van der Waals surface area contributed by atoms with Crippen LogP contribution in [0.4, 0.5) is 4.39 Å². The van der Waals surface area contributed by atoms with Crippen molar-refractivity contribution in [2.24, 2.45) is 15.7 Å². The fraction of sp³-hybridized carbons (Fsp3) is 0.286. The van der Waals surface area contributed by atoms with Gasteiger partial charge in [-0.15, -0.1) is 0 Å². The van der Waals surface area contributed by atoms with E-state index in [2.05, 4.69) is 9.98 Å². The molecule has 4 rings (SSSR count). The minimum absolute atomic E-state index is 0.0510. The highest BCUT2D eigenvalue weighted by atomic mass is 32.2. The van der Waals surface area contributed by atoms with Crippen molar-refractivity contribution in [2.45, 2.75) is 31.8 Å². The minimum Gasteiger partial charge on any atom is -0.379 e. The molecule has 138 valence electrons. The van der Waals surface area contributed by atoms with Crippen LogP contribution in [0.15, 0.2) is 52.4 Å². The predicted octanol–water partition coefficient (Wildman–Crippen LogP) is 3.61. The van der Waals surface area contributed by atoms with E-state index in [0.717, 1.165) is 22.4 Å². The largest absolute Gasteiger partial charge is 0.379 e. The third kappa shape index (κ3) is 3.41. The molecule has 2 aliphatic rings. The number of rotatable bonds is 4. The topological polar surface area (TPSA) is 67.8 Å². The fourth-order valence-electron chi connectivity index (χ4n) is 3.62. The second-order valence-electron chi connectivity index (χ2n) is 7.06. The molecular formula is C21H20FN3OS. The lowest BCUT2D eigenvalue weighted by Gasteiger charge is -2.30. The maximum Gasteiger partial charge on any atom is 0.185 e. The predicted molar refractivity (Wildman–Crippen MR) is 108 cm³/mol. The molecular weight excluding hydrogens is 361 g/mol. The first kappa shape index (κ1) is 17.9. The highest BCUT2D eigenvalue weighted by Crippen LogP contribution is 2.36. The van der Waals surface area contributed by atoms with E-state index in [-0.39, 0.29) is 18.0 Å². The Labute approximate surface area is 161 Å². The molecule has 6 heteroatoms. The van der Waals surface area contributed by atoms with Gasteiger partial charge in [0.15, 0.2) is 11.0 Å². The number of amidine groups is 1. The highest BCUT2D eigenvalue weighted by molar-refractivity contribution is 8.13. The molecule has 27 heavy (non-hydrogen) atoms. The van der Waals surface area contributed by atoms with Crippen molar-refractivity contribution in [3.63, 3.8) is 0 Å². The van der Waals surface area contributed by atoms with Crippen LogP contribution in [-0.4, -0.2) is 22.4 Å². The molecule has 0 aromatic heterocycles. The van der Waals surface area contributed by atoms with Gasteiger partial charge in [-0.2, -0.15) is 0 Å². The van der Waals surface area contributed by atoms with Gasteiger partial charge in [0.25, 0.3) is 0 Å². The molecule has 2 aromatic carbocycles. The number of aliphatic imine (C=N–C) groups is 2. The van der Waals surface area contributed by atoms with E-state index in [0.29, 0.717) is 29.4 Å². The van der Waals surface area contributed by atoms with Crippen LogP contribution >= 0.6 is 11.8 Å². The van der Waals surface area contributed by atoms with E-state index in [4.69, 9.17) is 5.73 Å². The zero-order valence-electron chi connectivity index (χ0n) is 15.0. The van der Waals surface area contributed by atoms with Crippen LogP contribution < -0.4 is 5.73 Å². The van der Waals surface area contributed by atoms with Crippen molar-refractivity contribution >= 4 is 28.4 Å². The van der Waals surface area contributed by atoms with Gasteiger partial charge in [-0.1, -0.05) is 42.1 Å². The van der Waals surface area contributed by atoms with E-state index in [1.165, 1.54) is 17.8 Å². The summed E-state index contributed by atoms with van der Waals surface area (Å²) in [4.78, 5) is 21.7. The van der Waals surface area contributed by atoms with Crippen LogP contribution in [0, 0.1) is 5.82 Å². The third-order valence-corrected chi connectivity index (χ3v) is 5.91. The summed E-state index contributed by atoms with van der Waals surface area (Å²) in [5.74, 6) is 0.424. The summed E-state index contributed by atoms with van der Waals surface area (Å²) in [5.41, 5.74) is 8.90. The third-order valence-electron chi connectivity index (χ3n) is 5.12. The number of nitrogens with two attached hydrogens (primary N) is 1. The van der Waals surface area contributed by atoms with E-state index in [1.807, 2.05) is 31.2 Å². The molecule has 2 aliphatic heterocycles. The van der Waals surface area contributed by atoms with Crippen molar-refractivity contribution in [3.8, 4) is 0 Å². The summed E-state index contributed by atoms with van der Waals surface area (Å²) in [7, 11) is 0. The molecule has 1 unspecified atom stereocenters. The van der Waals surface area contributed by atoms with Gasteiger partial charge in [-0.05, 0) is 36.6 Å². The summed E-state index contributed by atoms with van der Waals surface area (Å²) in [6, 6.07) is 12.6. The average molecular weight is 381 g/mol. The Morgan fingerprint density at radius 2 is 2.11 bits per heavy atom. The molecule has 1 atom stereocenters. The Bertz CT molecular complexity index is 985. The number of thioether (sulfide) groups is 1. The van der Waals surface area contributed by atoms with Crippen molar-refractivity contribution in [2.75, 3.05) is 5.75 Å². The van der Waals surface area contributed by atoms with Crippen LogP contribution in [0.5, 0.6) is 0 Å². The summed E-state index contributed by atoms with van der Waals surface area (Å²) >= 11 is 1.48. The maximum atomic E-state index is 14.5. The molecule has 0 spiro atoms. The summed E-state index contributed by atoms with van der Waals surface area (Å²) in [5, 5.41) is 0.474. The minimum atomic E-state index is -0.698. The van der Waals surface area contributed by atoms with E-state index < -0.39 is 5.54 Å². The summed E-state index contributed by atoms with van der Waals surface area (Å²) < 4.78 is 14.5.